The number of rotatable bonds is 6. The van der Waals surface area contributed by atoms with Crippen molar-refractivity contribution in [1.82, 2.24) is 5.32 Å². The van der Waals surface area contributed by atoms with Crippen LogP contribution in [0.4, 0.5) is 10.5 Å². The minimum Gasteiger partial charge on any atom is -0.496 e. The number of urea groups is 1. The van der Waals surface area contributed by atoms with Crippen LogP contribution in [0.1, 0.15) is 25.3 Å². The smallest absolute Gasteiger partial charge is 0.319 e. The van der Waals surface area contributed by atoms with Gasteiger partial charge in [-0.3, -0.25) is 0 Å². The number of benzene rings is 1. The maximum absolute atomic E-state index is 11.6. The quantitative estimate of drug-likeness (QED) is 0.740. The number of carbonyl (C=O) groups is 1. The lowest BCUT2D eigenvalue weighted by atomic mass is 10.2. The maximum Gasteiger partial charge on any atom is 0.319 e. The second-order valence-electron chi connectivity index (χ2n) is 4.42. The van der Waals surface area contributed by atoms with Gasteiger partial charge >= 0.3 is 6.03 Å². The molecule has 3 N–H and O–H groups in total. The van der Waals surface area contributed by atoms with Crippen LogP contribution < -0.4 is 15.4 Å². The number of nitrogens with one attached hydrogen (secondary N) is 2. The molecule has 0 saturated carbocycles. The van der Waals surface area contributed by atoms with Crippen molar-refractivity contribution in [2.75, 3.05) is 19.0 Å². The van der Waals surface area contributed by atoms with Crippen LogP contribution in [0.25, 0.3) is 0 Å². The van der Waals surface area contributed by atoms with Crippen LogP contribution in [0.5, 0.6) is 5.75 Å². The third-order valence-electron chi connectivity index (χ3n) is 2.89. The second kappa shape index (κ2) is 7.63. The predicted molar refractivity (Wildman–Crippen MR) is 75.7 cm³/mol. The maximum atomic E-state index is 11.6. The molecule has 0 aromatic heterocycles. The molecule has 0 saturated heterocycles. The molecule has 0 spiro atoms. The number of aliphatic hydroxyl groups is 1. The van der Waals surface area contributed by atoms with Gasteiger partial charge < -0.3 is 20.5 Å². The molecule has 19 heavy (non-hydrogen) atoms. The molecule has 0 heterocycles. The summed E-state index contributed by atoms with van der Waals surface area (Å²) in [6.45, 7) is 4.28. The van der Waals surface area contributed by atoms with E-state index in [1.165, 1.54) is 0 Å². The fraction of sp³-hybridized carbons (Fsp3) is 0.500. The van der Waals surface area contributed by atoms with E-state index in [0.29, 0.717) is 25.1 Å². The number of aryl methyl sites for hydroxylation is 1. The Bertz CT molecular complexity index is 421. The molecule has 1 rings (SSSR count). The third kappa shape index (κ3) is 5.18. The number of aliphatic hydroxyl groups excluding tert-OH is 1. The van der Waals surface area contributed by atoms with Gasteiger partial charge in [0.25, 0.3) is 0 Å². The number of anilines is 1. The van der Waals surface area contributed by atoms with Crippen LogP contribution in [0.2, 0.25) is 0 Å². The van der Waals surface area contributed by atoms with Crippen LogP contribution in [-0.4, -0.2) is 30.9 Å². The number of hydrogen-bond acceptors (Lipinski definition) is 3. The molecule has 5 nitrogen and oxygen atoms in total. The number of methoxy groups -OCH3 is 1. The summed E-state index contributed by atoms with van der Waals surface area (Å²) in [5, 5.41) is 14.8. The second-order valence-corrected chi connectivity index (χ2v) is 4.42. The van der Waals surface area contributed by atoms with Gasteiger partial charge in [-0.05, 0) is 43.5 Å². The van der Waals surface area contributed by atoms with Gasteiger partial charge in [0, 0.05) is 12.2 Å². The van der Waals surface area contributed by atoms with Crippen LogP contribution >= 0.6 is 0 Å². The van der Waals surface area contributed by atoms with E-state index < -0.39 is 0 Å². The molecular formula is C14H22N2O3. The molecule has 1 aromatic rings. The van der Waals surface area contributed by atoms with Crippen molar-refractivity contribution < 1.29 is 14.6 Å². The molecule has 1 atom stereocenters. The van der Waals surface area contributed by atoms with Crippen molar-refractivity contribution in [3.8, 4) is 5.75 Å². The third-order valence-corrected chi connectivity index (χ3v) is 2.89. The van der Waals surface area contributed by atoms with Gasteiger partial charge in [0.05, 0.1) is 13.2 Å². The lowest BCUT2D eigenvalue weighted by Gasteiger charge is -2.11. The summed E-state index contributed by atoms with van der Waals surface area (Å²) in [6, 6.07) is 5.17. The van der Waals surface area contributed by atoms with E-state index in [1.54, 1.807) is 13.2 Å². The van der Waals surface area contributed by atoms with Crippen molar-refractivity contribution in [3.63, 3.8) is 0 Å². The van der Waals surface area contributed by atoms with E-state index in [1.807, 2.05) is 26.0 Å². The largest absolute Gasteiger partial charge is 0.496 e. The van der Waals surface area contributed by atoms with Crippen LogP contribution in [0.15, 0.2) is 18.2 Å². The Hall–Kier alpha value is -1.75. The summed E-state index contributed by atoms with van der Waals surface area (Å²) in [7, 11) is 1.61. The van der Waals surface area contributed by atoms with Gasteiger partial charge in [0.15, 0.2) is 0 Å². The molecule has 0 radical (unpaired) electrons. The standard InChI is InChI=1S/C14H22N2O3/c1-4-12(17)7-8-15-14(18)16-11-5-6-13(19-3)10(2)9-11/h5-6,9,12,17H,4,7-8H2,1-3H3,(H2,15,16,18). The SMILES string of the molecule is CCC(O)CCNC(=O)Nc1ccc(OC)c(C)c1. The van der Waals surface area contributed by atoms with Crippen LogP contribution in [0.3, 0.4) is 0 Å². The first-order valence-corrected chi connectivity index (χ1v) is 6.44. The summed E-state index contributed by atoms with van der Waals surface area (Å²) in [5.41, 5.74) is 1.67. The highest BCUT2D eigenvalue weighted by molar-refractivity contribution is 5.89. The van der Waals surface area contributed by atoms with Gasteiger partial charge in [-0.2, -0.15) is 0 Å². The highest BCUT2D eigenvalue weighted by Crippen LogP contribution is 2.21. The van der Waals surface area contributed by atoms with Gasteiger partial charge in [-0.1, -0.05) is 6.92 Å². The van der Waals surface area contributed by atoms with Gasteiger partial charge in [-0.25, -0.2) is 4.79 Å². The minimum absolute atomic E-state index is 0.270. The molecule has 0 aliphatic heterocycles. The first kappa shape index (κ1) is 15.3. The number of hydrogen-bond donors (Lipinski definition) is 3. The molecule has 2 amide bonds. The summed E-state index contributed by atoms with van der Waals surface area (Å²) in [6.07, 6.45) is 0.899. The topological polar surface area (TPSA) is 70.6 Å². The first-order chi connectivity index (χ1) is 9.06. The Kier molecular flexibility index (Phi) is 6.15. The average molecular weight is 266 g/mol. The number of ether oxygens (including phenoxy) is 1. The molecule has 1 aromatic carbocycles. The summed E-state index contributed by atoms with van der Waals surface area (Å²) < 4.78 is 5.15. The summed E-state index contributed by atoms with van der Waals surface area (Å²) >= 11 is 0. The summed E-state index contributed by atoms with van der Waals surface area (Å²) in [4.78, 5) is 11.6. The molecule has 0 aliphatic carbocycles. The minimum atomic E-state index is -0.358. The van der Waals surface area contributed by atoms with Crippen molar-refractivity contribution in [1.29, 1.82) is 0 Å². The van der Waals surface area contributed by atoms with E-state index in [9.17, 15) is 9.90 Å². The first-order valence-electron chi connectivity index (χ1n) is 6.44. The van der Waals surface area contributed by atoms with E-state index in [-0.39, 0.29) is 12.1 Å². The monoisotopic (exact) mass is 266 g/mol. The van der Waals surface area contributed by atoms with Crippen LogP contribution in [-0.2, 0) is 0 Å². The van der Waals surface area contributed by atoms with E-state index in [2.05, 4.69) is 10.6 Å². The molecule has 5 heteroatoms. The Morgan fingerprint density at radius 1 is 1.47 bits per heavy atom. The number of carbonyl (C=O) groups excluding carboxylic acids is 1. The van der Waals surface area contributed by atoms with Crippen molar-refractivity contribution in [2.24, 2.45) is 0 Å². The predicted octanol–water partition coefficient (Wildman–Crippen LogP) is 2.29. The molecule has 0 aliphatic rings. The van der Waals surface area contributed by atoms with E-state index in [0.717, 1.165) is 11.3 Å². The van der Waals surface area contributed by atoms with Crippen LogP contribution in [0, 0.1) is 6.92 Å². The zero-order chi connectivity index (χ0) is 14.3. The highest BCUT2D eigenvalue weighted by Gasteiger charge is 2.05. The van der Waals surface area contributed by atoms with E-state index >= 15 is 0 Å². The molecule has 0 fully saturated rings. The molecule has 0 bridgehead atoms. The Labute approximate surface area is 114 Å². The normalized spacial score (nSPS) is 11.8. The zero-order valence-corrected chi connectivity index (χ0v) is 11.7. The van der Waals surface area contributed by atoms with Gasteiger partial charge in [0.2, 0.25) is 0 Å². The average Bonchev–Trinajstić information content (AvgIpc) is 2.38. The lowest BCUT2D eigenvalue weighted by Crippen LogP contribution is -2.31. The molecular weight excluding hydrogens is 244 g/mol. The van der Waals surface area contributed by atoms with Crippen molar-refractivity contribution >= 4 is 11.7 Å². The molecule has 1 unspecified atom stereocenters. The van der Waals surface area contributed by atoms with E-state index in [4.69, 9.17) is 4.74 Å². The number of amides is 2. The zero-order valence-electron chi connectivity index (χ0n) is 11.7. The van der Waals surface area contributed by atoms with Gasteiger partial charge in [0.1, 0.15) is 5.75 Å². The Morgan fingerprint density at radius 2 is 2.21 bits per heavy atom. The highest BCUT2D eigenvalue weighted by atomic mass is 16.5. The van der Waals surface area contributed by atoms with Gasteiger partial charge in [-0.15, -0.1) is 0 Å². The van der Waals surface area contributed by atoms with Crippen molar-refractivity contribution in [2.45, 2.75) is 32.8 Å². The fourth-order valence-electron chi connectivity index (χ4n) is 1.69. The fourth-order valence-corrected chi connectivity index (χ4v) is 1.69. The lowest BCUT2D eigenvalue weighted by molar-refractivity contribution is 0.160. The Morgan fingerprint density at radius 3 is 2.79 bits per heavy atom. The van der Waals surface area contributed by atoms with Crippen molar-refractivity contribution in [3.05, 3.63) is 23.8 Å². The Balaban J connectivity index is 2.42. The summed E-state index contributed by atoms with van der Waals surface area (Å²) in [5.74, 6) is 0.789. The molecule has 106 valence electrons.